The zero-order chi connectivity index (χ0) is 43.7. The molecule has 0 bridgehead atoms. The maximum Gasteiger partial charge on any atom is 0.332 e. The number of hydrogen-bond donors (Lipinski definition) is 4. The molecule has 4 atom stereocenters. The second-order valence-corrected chi connectivity index (χ2v) is 17.2. The molecule has 4 heterocycles. The predicted octanol–water partition coefficient (Wildman–Crippen LogP) is 6.15. The van der Waals surface area contributed by atoms with E-state index in [1.165, 1.54) is 6.92 Å². The Labute approximate surface area is 362 Å². The maximum absolute atomic E-state index is 15.2. The topological polar surface area (TPSA) is 164 Å². The van der Waals surface area contributed by atoms with Crippen molar-refractivity contribution < 1.29 is 48.2 Å². The van der Waals surface area contributed by atoms with Gasteiger partial charge in [-0.1, -0.05) is 6.07 Å². The van der Waals surface area contributed by atoms with E-state index in [4.69, 9.17) is 28.4 Å². The Hall–Kier alpha value is -4.67. The van der Waals surface area contributed by atoms with Crippen molar-refractivity contribution in [1.29, 1.82) is 0 Å². The Morgan fingerprint density at radius 2 is 1.84 bits per heavy atom. The van der Waals surface area contributed by atoms with Crippen molar-refractivity contribution in [3.05, 3.63) is 68.9 Å². The number of aromatic nitrogens is 1. The first-order valence-electron chi connectivity index (χ1n) is 21.0. The largest absolute Gasteiger partial charge is 0.504 e. The molecule has 61 heavy (non-hydrogen) atoms. The van der Waals surface area contributed by atoms with Crippen molar-refractivity contribution in [2.24, 2.45) is 0 Å². The average Bonchev–Trinajstić information content (AvgIpc) is 3.88. The lowest BCUT2D eigenvalue weighted by Gasteiger charge is -2.45. The Balaban J connectivity index is 1.39. The van der Waals surface area contributed by atoms with Crippen LogP contribution < -0.4 is 29.0 Å². The summed E-state index contributed by atoms with van der Waals surface area (Å²) >= 11 is 1.68. The molecule has 15 heteroatoms. The molecule has 3 aromatic carbocycles. The molecule has 330 valence electrons. The smallest absolute Gasteiger partial charge is 0.332 e. The second kappa shape index (κ2) is 18.4. The van der Waals surface area contributed by atoms with Gasteiger partial charge in [-0.05, 0) is 108 Å². The lowest BCUT2D eigenvalue weighted by Crippen LogP contribution is -2.55. The first-order valence-corrected chi connectivity index (χ1v) is 22.4. The summed E-state index contributed by atoms with van der Waals surface area (Å²) in [5.41, 5.74) is 6.11. The number of H-pyrrole nitrogens is 1. The molecule has 3 aliphatic heterocycles. The van der Waals surface area contributed by atoms with Gasteiger partial charge in [0.15, 0.2) is 28.5 Å². The first kappa shape index (κ1) is 44.4. The lowest BCUT2D eigenvalue weighted by atomic mass is 9.85. The van der Waals surface area contributed by atoms with E-state index in [0.717, 1.165) is 51.0 Å². The second-order valence-electron chi connectivity index (χ2n) is 16.3. The Bertz CT molecular complexity index is 2300. The molecule has 0 saturated carbocycles. The summed E-state index contributed by atoms with van der Waals surface area (Å²) in [6.07, 6.45) is 4.63. The highest BCUT2D eigenvalue weighted by Gasteiger charge is 2.49. The standard InChI is InChI=1S/C46H60N4O10S/c1-25-20-29-12-10-17-50(35(23-61-9)38(47-6)37(29)39(53)40(25)56-8)34(36-26(2)41(60-28(4)52)27(3)42-43(36)59-24-58-42)22-57-45(54)46(5)44-31(15-18-49(46)16-11-19-51)32-21-30(55-7)13-14-33(32)48-44/h13-14,20-21,34-35,38,47-48,51,53H,10-12,15-19,22-24H2,1-9H3/t34-,35?,38-,46?/m0/s1. The van der Waals surface area contributed by atoms with Gasteiger partial charge in [0, 0.05) is 71.6 Å². The van der Waals surface area contributed by atoms with Gasteiger partial charge in [-0.15, -0.1) is 0 Å². The Morgan fingerprint density at radius 1 is 1.07 bits per heavy atom. The summed E-state index contributed by atoms with van der Waals surface area (Å²) in [5, 5.41) is 26.4. The van der Waals surface area contributed by atoms with Gasteiger partial charge in [0.05, 0.1) is 32.0 Å². The summed E-state index contributed by atoms with van der Waals surface area (Å²) in [6.45, 7) is 10.5. The number of aliphatic hydroxyl groups is 1. The highest BCUT2D eigenvalue weighted by Crippen LogP contribution is 2.52. The van der Waals surface area contributed by atoms with Gasteiger partial charge in [-0.2, -0.15) is 11.8 Å². The summed E-state index contributed by atoms with van der Waals surface area (Å²) in [7, 11) is 5.10. The van der Waals surface area contributed by atoms with Crippen LogP contribution in [0.25, 0.3) is 10.9 Å². The number of benzene rings is 3. The number of thioether (sulfide) groups is 1. The number of nitrogens with one attached hydrogen (secondary N) is 2. The normalized spacial score (nSPS) is 20.7. The van der Waals surface area contributed by atoms with E-state index in [-0.39, 0.29) is 37.8 Å². The van der Waals surface area contributed by atoms with Gasteiger partial charge < -0.3 is 48.9 Å². The van der Waals surface area contributed by atoms with Gasteiger partial charge in [0.25, 0.3) is 0 Å². The van der Waals surface area contributed by atoms with E-state index in [1.807, 2.05) is 52.9 Å². The number of hydrogen-bond acceptors (Lipinski definition) is 14. The van der Waals surface area contributed by atoms with Gasteiger partial charge in [-0.3, -0.25) is 14.6 Å². The van der Waals surface area contributed by atoms with Gasteiger partial charge in [0.2, 0.25) is 6.79 Å². The molecule has 3 aliphatic rings. The number of aromatic hydroxyl groups is 1. The molecule has 7 rings (SSSR count). The molecule has 2 unspecified atom stereocenters. The monoisotopic (exact) mass is 860 g/mol. The van der Waals surface area contributed by atoms with Crippen LogP contribution in [0.15, 0.2) is 24.3 Å². The number of carbonyl (C=O) groups excluding carboxylic acids is 2. The van der Waals surface area contributed by atoms with Crippen LogP contribution in [0.1, 0.15) is 83.4 Å². The van der Waals surface area contributed by atoms with Crippen molar-refractivity contribution in [3.8, 4) is 34.5 Å². The molecule has 0 saturated heterocycles. The van der Waals surface area contributed by atoms with Crippen molar-refractivity contribution in [3.63, 3.8) is 0 Å². The van der Waals surface area contributed by atoms with Crippen LogP contribution in [-0.4, -0.2) is 116 Å². The minimum absolute atomic E-state index is 0.0203. The molecular weight excluding hydrogens is 801 g/mol. The fraction of sp³-hybridized carbons (Fsp3) is 0.522. The molecule has 0 fully saturated rings. The van der Waals surface area contributed by atoms with Gasteiger partial charge >= 0.3 is 11.9 Å². The number of esters is 2. The Morgan fingerprint density at radius 3 is 2.52 bits per heavy atom. The molecule has 0 aliphatic carbocycles. The third-order valence-electron chi connectivity index (χ3n) is 12.9. The van der Waals surface area contributed by atoms with Crippen LogP contribution in [0.4, 0.5) is 0 Å². The Kier molecular flexibility index (Phi) is 13.4. The number of aliphatic hydroxyl groups excluding tert-OH is 1. The highest BCUT2D eigenvalue weighted by atomic mass is 32.2. The number of carbonyl (C=O) groups is 2. The summed E-state index contributed by atoms with van der Waals surface area (Å²) < 4.78 is 36.3. The molecule has 1 aromatic heterocycles. The number of aryl methyl sites for hydroxylation is 2. The third kappa shape index (κ3) is 7.88. The molecule has 0 amide bonds. The highest BCUT2D eigenvalue weighted by molar-refractivity contribution is 7.98. The number of rotatable bonds is 14. The fourth-order valence-corrected chi connectivity index (χ4v) is 10.7. The number of phenols is 1. The number of likely N-dealkylation sites (N-methyl/N-ethyl adjacent to an activating group) is 1. The molecule has 4 N–H and O–H groups in total. The fourth-order valence-electron chi connectivity index (χ4n) is 10.0. The van der Waals surface area contributed by atoms with Crippen LogP contribution in [0.3, 0.4) is 0 Å². The summed E-state index contributed by atoms with van der Waals surface area (Å²) in [5.74, 6) is 2.34. The molecule has 0 radical (unpaired) electrons. The molecule has 0 spiro atoms. The zero-order valence-corrected chi connectivity index (χ0v) is 37.6. The van der Waals surface area contributed by atoms with E-state index >= 15 is 4.79 Å². The van der Waals surface area contributed by atoms with E-state index in [0.29, 0.717) is 84.3 Å². The number of fused-ring (bicyclic) bond motifs is 5. The SMILES string of the molecule is CN[C@@H]1c2c(cc(C)c(OC)c2O)CCCN([C@@H](COC(=O)C2(C)c3[nH]c4ccc(OC)cc4c3CCN2CCCO)c2c(C)c(OC(C)=O)c(C)c3c2OCO3)C1CSC. The van der Waals surface area contributed by atoms with Crippen LogP contribution >= 0.6 is 11.8 Å². The van der Waals surface area contributed by atoms with E-state index in [1.54, 1.807) is 26.0 Å². The van der Waals surface area contributed by atoms with Gasteiger partial charge in [-0.25, -0.2) is 4.79 Å². The number of ether oxygens (including phenoxy) is 6. The average molecular weight is 861 g/mol. The maximum atomic E-state index is 15.2. The van der Waals surface area contributed by atoms with Crippen LogP contribution in [-0.2, 0) is 32.7 Å². The van der Waals surface area contributed by atoms with Crippen LogP contribution in [0.2, 0.25) is 0 Å². The molecule has 4 aromatic rings. The van der Waals surface area contributed by atoms with Crippen LogP contribution in [0.5, 0.6) is 34.5 Å². The number of nitrogens with zero attached hydrogens (tertiary/aromatic N) is 2. The number of phenolic OH excluding ortho intramolecular Hbond substituents is 1. The van der Waals surface area contributed by atoms with E-state index in [2.05, 4.69) is 32.4 Å². The summed E-state index contributed by atoms with van der Waals surface area (Å²) in [4.78, 5) is 35.9. The van der Waals surface area contributed by atoms with Crippen molar-refractivity contribution in [2.75, 3.05) is 72.9 Å². The summed E-state index contributed by atoms with van der Waals surface area (Å²) in [6, 6.07) is 6.69. The van der Waals surface area contributed by atoms with Crippen molar-refractivity contribution >= 4 is 34.6 Å². The van der Waals surface area contributed by atoms with Crippen LogP contribution in [0, 0.1) is 20.8 Å². The quantitative estimate of drug-likeness (QED) is 0.0843. The number of aromatic amines is 1. The minimum Gasteiger partial charge on any atom is -0.504 e. The van der Waals surface area contributed by atoms with Gasteiger partial charge in [0.1, 0.15) is 18.1 Å². The van der Waals surface area contributed by atoms with E-state index in [9.17, 15) is 15.0 Å². The number of methoxy groups -OCH3 is 2. The zero-order valence-electron chi connectivity index (χ0n) is 36.8. The first-order chi connectivity index (χ1) is 29.3. The van der Waals surface area contributed by atoms with Crippen molar-refractivity contribution in [2.45, 2.75) is 84.0 Å². The molecule has 14 nitrogen and oxygen atoms in total. The van der Waals surface area contributed by atoms with Crippen molar-refractivity contribution in [1.82, 2.24) is 20.1 Å². The predicted molar refractivity (Wildman–Crippen MR) is 235 cm³/mol. The minimum atomic E-state index is -1.24. The molecular formula is C46H60N4O10S. The third-order valence-corrected chi connectivity index (χ3v) is 13.6. The lowest BCUT2D eigenvalue weighted by molar-refractivity contribution is -0.162. The van der Waals surface area contributed by atoms with E-state index < -0.39 is 23.5 Å².